The van der Waals surface area contributed by atoms with E-state index in [1.165, 1.54) is 5.56 Å². The van der Waals surface area contributed by atoms with Crippen LogP contribution in [0.5, 0.6) is 5.75 Å². The number of halogens is 1. The molecule has 1 aliphatic rings. The van der Waals surface area contributed by atoms with Crippen molar-refractivity contribution in [3.05, 3.63) is 58.8 Å². The Balaban J connectivity index is 0.00000272. The largest absolute Gasteiger partial charge is 0.488 e. The first-order chi connectivity index (χ1) is 14.7. The van der Waals surface area contributed by atoms with Gasteiger partial charge in [0.1, 0.15) is 18.1 Å². The molecule has 166 valence electrons. The smallest absolute Gasteiger partial charge is 0.236 e. The molecule has 0 amide bonds. The maximum atomic E-state index is 6.17. The summed E-state index contributed by atoms with van der Waals surface area (Å²) in [5, 5.41) is 8.63. The number of aliphatic imine (C=N–C) groups is 1. The van der Waals surface area contributed by atoms with E-state index in [0.717, 1.165) is 34.9 Å². The SMILES string of the molecule is CN=C(NCc1coc(-c2cccs2)n1)NCc1ccc(C)cc1OC1CCOC1.I. The Hall–Kier alpha value is -2.11. The van der Waals surface area contributed by atoms with Crippen LogP contribution in [0.1, 0.15) is 23.2 Å². The van der Waals surface area contributed by atoms with Gasteiger partial charge >= 0.3 is 0 Å². The molecule has 4 rings (SSSR count). The van der Waals surface area contributed by atoms with Gasteiger partial charge < -0.3 is 24.5 Å². The average molecular weight is 554 g/mol. The Morgan fingerprint density at radius 1 is 1.29 bits per heavy atom. The molecule has 3 heterocycles. The fraction of sp³-hybridized carbons (Fsp3) is 0.364. The van der Waals surface area contributed by atoms with E-state index < -0.39 is 0 Å². The van der Waals surface area contributed by atoms with Crippen LogP contribution in [-0.4, -0.2) is 37.3 Å². The van der Waals surface area contributed by atoms with E-state index >= 15 is 0 Å². The normalized spacial score (nSPS) is 16.1. The number of ether oxygens (including phenoxy) is 2. The summed E-state index contributed by atoms with van der Waals surface area (Å²) >= 11 is 1.60. The number of hydrogen-bond donors (Lipinski definition) is 2. The molecule has 0 saturated carbocycles. The number of oxazole rings is 1. The molecule has 1 atom stereocenters. The first-order valence-electron chi connectivity index (χ1n) is 9.98. The predicted molar refractivity (Wildman–Crippen MR) is 133 cm³/mol. The maximum Gasteiger partial charge on any atom is 0.236 e. The van der Waals surface area contributed by atoms with Crippen molar-refractivity contribution in [1.82, 2.24) is 15.6 Å². The lowest BCUT2D eigenvalue weighted by atomic mass is 10.1. The molecule has 0 bridgehead atoms. The number of rotatable bonds is 7. The minimum absolute atomic E-state index is 0. The van der Waals surface area contributed by atoms with Gasteiger partial charge in [0.2, 0.25) is 5.89 Å². The summed E-state index contributed by atoms with van der Waals surface area (Å²) in [5.74, 6) is 2.22. The molecule has 2 aromatic heterocycles. The van der Waals surface area contributed by atoms with E-state index in [9.17, 15) is 0 Å². The zero-order valence-electron chi connectivity index (χ0n) is 17.6. The molecule has 31 heavy (non-hydrogen) atoms. The molecule has 1 fully saturated rings. The molecule has 7 nitrogen and oxygen atoms in total. The highest BCUT2D eigenvalue weighted by atomic mass is 127. The number of aryl methyl sites for hydroxylation is 1. The summed E-state index contributed by atoms with van der Waals surface area (Å²) in [6, 6.07) is 10.2. The maximum absolute atomic E-state index is 6.17. The summed E-state index contributed by atoms with van der Waals surface area (Å²) in [7, 11) is 1.75. The second-order valence-corrected chi connectivity index (χ2v) is 8.06. The van der Waals surface area contributed by atoms with Crippen molar-refractivity contribution in [2.45, 2.75) is 32.5 Å². The van der Waals surface area contributed by atoms with Crippen LogP contribution in [0.15, 0.2) is 51.4 Å². The lowest BCUT2D eigenvalue weighted by molar-refractivity contribution is 0.140. The zero-order chi connectivity index (χ0) is 20.8. The molecule has 0 spiro atoms. The summed E-state index contributed by atoms with van der Waals surface area (Å²) < 4.78 is 17.2. The fourth-order valence-corrected chi connectivity index (χ4v) is 3.83. The van der Waals surface area contributed by atoms with Gasteiger partial charge in [-0.3, -0.25) is 4.99 Å². The van der Waals surface area contributed by atoms with Crippen molar-refractivity contribution < 1.29 is 13.9 Å². The van der Waals surface area contributed by atoms with Crippen LogP contribution in [0.25, 0.3) is 10.8 Å². The Bertz CT molecular complexity index is 985. The van der Waals surface area contributed by atoms with Crippen molar-refractivity contribution in [1.29, 1.82) is 0 Å². The molecular formula is C22H27IN4O3S. The van der Waals surface area contributed by atoms with E-state index in [-0.39, 0.29) is 30.1 Å². The quantitative estimate of drug-likeness (QED) is 0.257. The van der Waals surface area contributed by atoms with E-state index in [1.807, 2.05) is 17.5 Å². The first-order valence-corrected chi connectivity index (χ1v) is 10.9. The molecule has 9 heteroatoms. The molecule has 0 aliphatic carbocycles. The predicted octanol–water partition coefficient (Wildman–Crippen LogP) is 4.36. The third-order valence-corrected chi connectivity index (χ3v) is 5.65. The van der Waals surface area contributed by atoms with E-state index in [2.05, 4.69) is 45.7 Å². The van der Waals surface area contributed by atoms with Gasteiger partial charge in [-0.1, -0.05) is 18.2 Å². The third-order valence-electron chi connectivity index (χ3n) is 4.79. The Labute approximate surface area is 203 Å². The van der Waals surface area contributed by atoms with Crippen LogP contribution in [-0.2, 0) is 17.8 Å². The lowest BCUT2D eigenvalue weighted by Crippen LogP contribution is -2.36. The van der Waals surface area contributed by atoms with Crippen molar-refractivity contribution >= 4 is 41.3 Å². The fourth-order valence-electron chi connectivity index (χ4n) is 3.18. The summed E-state index contributed by atoms with van der Waals surface area (Å²) in [4.78, 5) is 9.84. The van der Waals surface area contributed by atoms with Gasteiger partial charge in [-0.25, -0.2) is 4.98 Å². The van der Waals surface area contributed by atoms with Gasteiger partial charge in [0.05, 0.1) is 30.3 Å². The van der Waals surface area contributed by atoms with Crippen molar-refractivity contribution in [3.63, 3.8) is 0 Å². The number of nitrogens with zero attached hydrogens (tertiary/aromatic N) is 2. The van der Waals surface area contributed by atoms with Crippen LogP contribution in [0.4, 0.5) is 0 Å². The Kier molecular flexibility index (Phi) is 8.73. The van der Waals surface area contributed by atoms with Gasteiger partial charge in [0, 0.05) is 25.6 Å². The molecule has 2 N–H and O–H groups in total. The van der Waals surface area contributed by atoms with Gasteiger partial charge in [-0.15, -0.1) is 35.3 Å². The lowest BCUT2D eigenvalue weighted by Gasteiger charge is -2.18. The third kappa shape index (κ3) is 6.44. The summed E-state index contributed by atoms with van der Waals surface area (Å²) in [6.45, 7) is 4.59. The van der Waals surface area contributed by atoms with Crippen molar-refractivity contribution in [2.24, 2.45) is 4.99 Å². The van der Waals surface area contributed by atoms with Gasteiger partial charge in [-0.2, -0.15) is 0 Å². The number of benzene rings is 1. The van der Waals surface area contributed by atoms with E-state index in [1.54, 1.807) is 24.6 Å². The average Bonchev–Trinajstić information content (AvgIpc) is 3.52. The number of aromatic nitrogens is 1. The molecule has 0 radical (unpaired) electrons. The van der Waals surface area contributed by atoms with Crippen LogP contribution < -0.4 is 15.4 Å². The van der Waals surface area contributed by atoms with E-state index in [0.29, 0.717) is 31.5 Å². The zero-order valence-corrected chi connectivity index (χ0v) is 20.7. The highest BCUT2D eigenvalue weighted by molar-refractivity contribution is 14.0. The number of nitrogens with one attached hydrogen (secondary N) is 2. The molecule has 1 saturated heterocycles. The minimum Gasteiger partial charge on any atom is -0.488 e. The Morgan fingerprint density at radius 3 is 2.90 bits per heavy atom. The molecule has 1 unspecified atom stereocenters. The second kappa shape index (κ2) is 11.5. The number of thiophene rings is 1. The standard InChI is InChI=1S/C22H26N4O3S.HI/c1-15-5-6-16(19(10-15)29-18-7-8-27-14-18)11-24-22(23-2)25-12-17-13-28-21(26-17)20-4-3-9-30-20;/h3-6,9-10,13,18H,7-8,11-12,14H2,1-2H3,(H2,23,24,25);1H. The van der Waals surface area contributed by atoms with Crippen LogP contribution in [0.2, 0.25) is 0 Å². The second-order valence-electron chi connectivity index (χ2n) is 7.12. The monoisotopic (exact) mass is 554 g/mol. The molecule has 3 aromatic rings. The summed E-state index contributed by atoms with van der Waals surface area (Å²) in [6.07, 6.45) is 2.72. The molecular weight excluding hydrogens is 527 g/mol. The Morgan fingerprint density at radius 2 is 2.16 bits per heavy atom. The van der Waals surface area contributed by atoms with Crippen LogP contribution in [0, 0.1) is 6.92 Å². The van der Waals surface area contributed by atoms with E-state index in [4.69, 9.17) is 13.9 Å². The molecule has 1 aromatic carbocycles. The number of hydrogen-bond acceptors (Lipinski definition) is 6. The van der Waals surface area contributed by atoms with Gasteiger partial charge in [-0.05, 0) is 30.0 Å². The van der Waals surface area contributed by atoms with Gasteiger partial charge in [0.25, 0.3) is 0 Å². The number of guanidine groups is 1. The topological polar surface area (TPSA) is 80.9 Å². The summed E-state index contributed by atoms with van der Waals surface area (Å²) in [5.41, 5.74) is 3.07. The van der Waals surface area contributed by atoms with Crippen molar-refractivity contribution in [2.75, 3.05) is 20.3 Å². The highest BCUT2D eigenvalue weighted by Gasteiger charge is 2.19. The highest BCUT2D eigenvalue weighted by Crippen LogP contribution is 2.24. The van der Waals surface area contributed by atoms with Crippen LogP contribution >= 0.6 is 35.3 Å². The first kappa shape index (κ1) is 23.6. The molecule has 1 aliphatic heterocycles. The minimum atomic E-state index is 0. The van der Waals surface area contributed by atoms with Crippen LogP contribution in [0.3, 0.4) is 0 Å². The van der Waals surface area contributed by atoms with Gasteiger partial charge in [0.15, 0.2) is 5.96 Å². The van der Waals surface area contributed by atoms with Crippen molar-refractivity contribution in [3.8, 4) is 16.5 Å².